The minimum Gasteiger partial charge on any atom is -0.318 e. The maximum Gasteiger partial charge on any atom is 0.249 e. The number of amides is 2. The van der Waals surface area contributed by atoms with Crippen LogP contribution in [0.15, 0.2) is 0 Å². The minimum atomic E-state index is -0.429. The van der Waals surface area contributed by atoms with Crippen LogP contribution < -0.4 is 5.32 Å². The highest BCUT2D eigenvalue weighted by molar-refractivity contribution is 8.00. The summed E-state index contributed by atoms with van der Waals surface area (Å²) in [5.41, 5.74) is 0.925. The molecule has 7 heteroatoms. The van der Waals surface area contributed by atoms with Crippen LogP contribution in [0, 0.1) is 13.8 Å². The van der Waals surface area contributed by atoms with Crippen LogP contribution in [0.3, 0.4) is 0 Å². The van der Waals surface area contributed by atoms with Gasteiger partial charge in [-0.2, -0.15) is 0 Å². The van der Waals surface area contributed by atoms with Gasteiger partial charge in [0.2, 0.25) is 12.3 Å². The number of thioether (sulfide) groups is 1. The third-order valence-corrected chi connectivity index (χ3v) is 5.61. The molecule has 1 aromatic rings. The number of aryl methyl sites for hydroxylation is 2. The molecule has 19 heavy (non-hydrogen) atoms. The Morgan fingerprint density at radius 2 is 2.21 bits per heavy atom. The Kier molecular flexibility index (Phi) is 3.87. The van der Waals surface area contributed by atoms with Gasteiger partial charge in [-0.1, -0.05) is 0 Å². The largest absolute Gasteiger partial charge is 0.318 e. The average molecular weight is 299 g/mol. The standard InChI is InChI=1S/C12H17N3O2S2/c1-7-8(2)19-11(13-7)14-10(17)9-5-18-12(3,4)15(9)6-16/h6,9H,5H2,1-4H3,(H,13,14,17). The van der Waals surface area contributed by atoms with Crippen molar-refractivity contribution in [2.24, 2.45) is 0 Å². The fourth-order valence-electron chi connectivity index (χ4n) is 1.93. The fourth-order valence-corrected chi connectivity index (χ4v) is 3.94. The van der Waals surface area contributed by atoms with Gasteiger partial charge in [0.1, 0.15) is 6.04 Å². The SMILES string of the molecule is Cc1nc(NC(=O)C2CSC(C)(C)N2C=O)sc1C. The Bertz CT molecular complexity index is 494. The van der Waals surface area contributed by atoms with E-state index >= 15 is 0 Å². The third kappa shape index (κ3) is 2.76. The summed E-state index contributed by atoms with van der Waals surface area (Å²) in [6, 6.07) is -0.429. The summed E-state index contributed by atoms with van der Waals surface area (Å²) in [6.07, 6.45) is 0.753. The monoisotopic (exact) mass is 299 g/mol. The summed E-state index contributed by atoms with van der Waals surface area (Å²) in [5.74, 6) is 0.444. The lowest BCUT2D eigenvalue weighted by molar-refractivity contribution is -0.130. The molecule has 0 spiro atoms. The molecule has 1 fully saturated rings. The van der Waals surface area contributed by atoms with Crippen LogP contribution in [0.4, 0.5) is 5.13 Å². The van der Waals surface area contributed by atoms with Crippen LogP contribution in [0.2, 0.25) is 0 Å². The molecule has 2 amide bonds. The number of nitrogens with one attached hydrogen (secondary N) is 1. The second-order valence-corrected chi connectivity index (χ2v) is 7.76. The summed E-state index contributed by atoms with van der Waals surface area (Å²) >= 11 is 3.06. The van der Waals surface area contributed by atoms with Crippen molar-refractivity contribution in [3.63, 3.8) is 0 Å². The van der Waals surface area contributed by atoms with Crippen LogP contribution >= 0.6 is 23.1 Å². The Hall–Kier alpha value is -1.08. The first-order valence-electron chi connectivity index (χ1n) is 5.98. The first-order valence-corrected chi connectivity index (χ1v) is 7.78. The van der Waals surface area contributed by atoms with E-state index in [1.54, 1.807) is 16.7 Å². The van der Waals surface area contributed by atoms with Crippen LogP contribution in [0.5, 0.6) is 0 Å². The van der Waals surface area contributed by atoms with Crippen molar-refractivity contribution in [2.75, 3.05) is 11.1 Å². The maximum atomic E-state index is 12.2. The molecule has 2 rings (SSSR count). The number of anilines is 1. The van der Waals surface area contributed by atoms with Gasteiger partial charge in [-0.3, -0.25) is 9.59 Å². The molecule has 0 saturated carbocycles. The van der Waals surface area contributed by atoms with Crippen molar-refractivity contribution >= 4 is 40.5 Å². The van der Waals surface area contributed by atoms with E-state index in [4.69, 9.17) is 0 Å². The molecular weight excluding hydrogens is 282 g/mol. The number of carbonyl (C=O) groups excluding carboxylic acids is 2. The second kappa shape index (κ2) is 5.13. The molecule has 0 aliphatic carbocycles. The van der Waals surface area contributed by atoms with Gasteiger partial charge in [-0.15, -0.1) is 23.1 Å². The molecule has 1 aromatic heterocycles. The molecule has 1 saturated heterocycles. The number of nitrogens with zero attached hydrogens (tertiary/aromatic N) is 2. The lowest BCUT2D eigenvalue weighted by atomic mass is 10.2. The topological polar surface area (TPSA) is 62.3 Å². The summed E-state index contributed by atoms with van der Waals surface area (Å²) in [4.78, 5) is 30.0. The van der Waals surface area contributed by atoms with Crippen LogP contribution in [-0.2, 0) is 9.59 Å². The molecule has 0 radical (unpaired) electrons. The van der Waals surface area contributed by atoms with Gasteiger partial charge in [0, 0.05) is 10.6 Å². The molecule has 1 aliphatic rings. The molecule has 1 aliphatic heterocycles. The summed E-state index contributed by atoms with van der Waals surface area (Å²) in [5, 5.41) is 3.40. The highest BCUT2D eigenvalue weighted by atomic mass is 32.2. The number of rotatable bonds is 3. The van der Waals surface area contributed by atoms with Gasteiger partial charge < -0.3 is 10.2 Å². The Balaban J connectivity index is 2.10. The first-order chi connectivity index (χ1) is 8.85. The smallest absolute Gasteiger partial charge is 0.249 e. The quantitative estimate of drug-likeness (QED) is 0.867. The predicted octanol–water partition coefficient (Wildman–Crippen LogP) is 2.01. The fraction of sp³-hybridized carbons (Fsp3) is 0.583. The lowest BCUT2D eigenvalue weighted by Crippen LogP contribution is -2.47. The minimum absolute atomic E-state index is 0.168. The van der Waals surface area contributed by atoms with Crippen molar-refractivity contribution in [3.05, 3.63) is 10.6 Å². The molecule has 5 nitrogen and oxygen atoms in total. The predicted molar refractivity (Wildman–Crippen MR) is 78.4 cm³/mol. The van der Waals surface area contributed by atoms with Crippen molar-refractivity contribution < 1.29 is 9.59 Å². The van der Waals surface area contributed by atoms with E-state index in [-0.39, 0.29) is 10.8 Å². The van der Waals surface area contributed by atoms with Gasteiger partial charge in [0.05, 0.1) is 10.6 Å². The Labute approximate surface area is 120 Å². The zero-order valence-electron chi connectivity index (χ0n) is 11.4. The molecule has 1 unspecified atom stereocenters. The van der Waals surface area contributed by atoms with E-state index in [0.29, 0.717) is 10.9 Å². The first kappa shape index (κ1) is 14.3. The van der Waals surface area contributed by atoms with Crippen molar-refractivity contribution in [3.8, 4) is 0 Å². The molecule has 104 valence electrons. The highest BCUT2D eigenvalue weighted by Gasteiger charge is 2.43. The third-order valence-electron chi connectivity index (χ3n) is 3.23. The Morgan fingerprint density at radius 3 is 2.74 bits per heavy atom. The molecule has 1 N–H and O–H groups in total. The van der Waals surface area contributed by atoms with Crippen LogP contribution in [0.1, 0.15) is 24.4 Å². The Morgan fingerprint density at radius 1 is 1.53 bits per heavy atom. The van der Waals surface area contributed by atoms with Gasteiger partial charge in [-0.25, -0.2) is 4.98 Å². The number of thiazole rings is 1. The highest BCUT2D eigenvalue weighted by Crippen LogP contribution is 2.38. The molecule has 1 atom stereocenters. The summed E-state index contributed by atoms with van der Waals surface area (Å²) in [6.45, 7) is 7.76. The molecule has 0 aromatic carbocycles. The zero-order valence-corrected chi connectivity index (χ0v) is 13.0. The van der Waals surface area contributed by atoms with E-state index in [1.165, 1.54) is 11.3 Å². The molecule has 2 heterocycles. The van der Waals surface area contributed by atoms with Gasteiger partial charge in [0.25, 0.3) is 0 Å². The van der Waals surface area contributed by atoms with E-state index in [1.807, 2.05) is 27.7 Å². The van der Waals surface area contributed by atoms with Gasteiger partial charge >= 0.3 is 0 Å². The summed E-state index contributed by atoms with van der Waals surface area (Å²) < 4.78 is 0. The van der Waals surface area contributed by atoms with Crippen LogP contribution in [0.25, 0.3) is 0 Å². The number of hydrogen-bond acceptors (Lipinski definition) is 5. The van der Waals surface area contributed by atoms with E-state index < -0.39 is 6.04 Å². The van der Waals surface area contributed by atoms with Gasteiger partial charge in [-0.05, 0) is 27.7 Å². The number of hydrogen-bond donors (Lipinski definition) is 1. The zero-order chi connectivity index (χ0) is 14.2. The van der Waals surface area contributed by atoms with Crippen LogP contribution in [-0.4, -0.2) is 38.9 Å². The number of aromatic nitrogens is 1. The van der Waals surface area contributed by atoms with E-state index in [0.717, 1.165) is 17.0 Å². The number of carbonyl (C=O) groups is 2. The molecule has 0 bridgehead atoms. The van der Waals surface area contributed by atoms with Crippen molar-refractivity contribution in [1.29, 1.82) is 0 Å². The van der Waals surface area contributed by atoms with E-state index in [9.17, 15) is 9.59 Å². The second-order valence-electron chi connectivity index (χ2n) is 4.94. The lowest BCUT2D eigenvalue weighted by Gasteiger charge is -2.29. The van der Waals surface area contributed by atoms with Crippen molar-refractivity contribution in [2.45, 2.75) is 38.6 Å². The summed E-state index contributed by atoms with van der Waals surface area (Å²) in [7, 11) is 0. The maximum absolute atomic E-state index is 12.2. The van der Waals surface area contributed by atoms with Gasteiger partial charge in [0.15, 0.2) is 5.13 Å². The van der Waals surface area contributed by atoms with Crippen molar-refractivity contribution in [1.82, 2.24) is 9.88 Å². The van der Waals surface area contributed by atoms with E-state index in [2.05, 4.69) is 10.3 Å². The molecular formula is C12H17N3O2S2. The average Bonchev–Trinajstić information content (AvgIpc) is 2.78. The normalized spacial score (nSPS) is 21.5.